The van der Waals surface area contributed by atoms with Crippen molar-refractivity contribution in [3.8, 4) is 0 Å². The summed E-state index contributed by atoms with van der Waals surface area (Å²) in [5, 5.41) is 12.4. The van der Waals surface area contributed by atoms with Crippen LogP contribution >= 0.6 is 0 Å². The Morgan fingerprint density at radius 3 is 2.50 bits per heavy atom. The van der Waals surface area contributed by atoms with Gasteiger partial charge in [0.05, 0.1) is 13.2 Å². The lowest BCUT2D eigenvalue weighted by molar-refractivity contribution is -0.171. The molecule has 2 rings (SSSR count). The van der Waals surface area contributed by atoms with Crippen LogP contribution in [0, 0.1) is 5.53 Å². The quantitative estimate of drug-likeness (QED) is 0.669. The van der Waals surface area contributed by atoms with Crippen LogP contribution in [0.2, 0.25) is 0 Å². The minimum absolute atomic E-state index is 0.0536. The fourth-order valence-electron chi connectivity index (χ4n) is 2.28. The minimum Gasteiger partial charge on any atom is -0.394 e. The molecule has 1 aliphatic heterocycles. The van der Waals surface area contributed by atoms with E-state index in [0.29, 0.717) is 0 Å². The van der Waals surface area contributed by atoms with Crippen molar-refractivity contribution in [3.05, 3.63) is 0 Å². The van der Waals surface area contributed by atoms with E-state index in [2.05, 4.69) is 5.11 Å². The van der Waals surface area contributed by atoms with Gasteiger partial charge in [0.15, 0.2) is 5.79 Å². The summed E-state index contributed by atoms with van der Waals surface area (Å²) in [4.78, 5) is 0. The van der Waals surface area contributed by atoms with Crippen LogP contribution in [0.25, 0.3) is 0 Å². The molecule has 0 radical (unpaired) electrons. The Bertz CT molecular complexity index is 216. The zero-order chi connectivity index (χ0) is 10.0. The maximum Gasteiger partial charge on any atom is 0.169 e. The molecule has 5 heteroatoms. The van der Waals surface area contributed by atoms with Crippen molar-refractivity contribution in [2.24, 2.45) is 5.11 Å². The van der Waals surface area contributed by atoms with E-state index < -0.39 is 5.79 Å². The highest BCUT2D eigenvalue weighted by molar-refractivity contribution is 4.89. The predicted molar refractivity (Wildman–Crippen MR) is 48.0 cm³/mol. The minimum atomic E-state index is -0.469. The molecule has 0 aromatic rings. The second kappa shape index (κ2) is 3.92. The lowest BCUT2D eigenvalue weighted by Crippen LogP contribution is -2.28. The molecule has 0 amide bonds. The summed E-state index contributed by atoms with van der Waals surface area (Å²) in [6.45, 7) is 0.231. The van der Waals surface area contributed by atoms with Crippen LogP contribution in [0.4, 0.5) is 0 Å². The fraction of sp³-hybridized carbons (Fsp3) is 1.00. The molecule has 2 atom stereocenters. The van der Waals surface area contributed by atoms with Gasteiger partial charge in [0.25, 0.3) is 0 Å². The number of rotatable bonds is 3. The third kappa shape index (κ3) is 1.67. The Balaban J connectivity index is 2.02. The Morgan fingerprint density at radius 1 is 1.29 bits per heavy atom. The van der Waals surface area contributed by atoms with Crippen LogP contribution in [-0.4, -0.2) is 36.3 Å². The number of aliphatic hydroxyl groups is 1. The zero-order valence-electron chi connectivity index (χ0n) is 8.11. The van der Waals surface area contributed by atoms with E-state index in [1.54, 1.807) is 0 Å². The molecule has 1 saturated heterocycles. The molecule has 0 bridgehead atoms. The van der Waals surface area contributed by atoms with Crippen LogP contribution in [0.15, 0.2) is 5.11 Å². The second-order valence-electron chi connectivity index (χ2n) is 3.95. The van der Waals surface area contributed by atoms with Gasteiger partial charge < -0.3 is 14.6 Å². The normalized spacial score (nSPS) is 35.2. The predicted octanol–water partition coefficient (Wildman–Crippen LogP) is 1.06. The largest absolute Gasteiger partial charge is 0.394 e. The first-order chi connectivity index (χ1) is 6.79. The monoisotopic (exact) mass is 200 g/mol. The van der Waals surface area contributed by atoms with Gasteiger partial charge in [-0.1, -0.05) is 0 Å². The van der Waals surface area contributed by atoms with E-state index >= 15 is 0 Å². The molecule has 0 aromatic carbocycles. The first kappa shape index (κ1) is 10.0. The average molecular weight is 200 g/mol. The lowest BCUT2D eigenvalue weighted by Gasteiger charge is -2.21. The fourth-order valence-corrected chi connectivity index (χ4v) is 2.28. The number of nitrogens with one attached hydrogen (secondary N) is 1. The van der Waals surface area contributed by atoms with Crippen molar-refractivity contribution in [1.29, 1.82) is 5.53 Å². The Morgan fingerprint density at radius 2 is 1.93 bits per heavy atom. The molecule has 1 saturated carbocycles. The molecule has 1 spiro atoms. The number of hydrogen-bond acceptors (Lipinski definition) is 5. The molecule has 2 aliphatic rings. The summed E-state index contributed by atoms with van der Waals surface area (Å²) < 4.78 is 11.5. The molecule has 0 unspecified atom stereocenters. The highest BCUT2D eigenvalue weighted by atomic mass is 16.8. The van der Waals surface area contributed by atoms with E-state index in [0.717, 1.165) is 25.7 Å². The van der Waals surface area contributed by atoms with E-state index in [9.17, 15) is 0 Å². The van der Waals surface area contributed by atoms with Crippen molar-refractivity contribution in [3.63, 3.8) is 0 Å². The second-order valence-corrected chi connectivity index (χ2v) is 3.95. The maximum atomic E-state index is 9.10. The molecule has 80 valence electrons. The van der Waals surface area contributed by atoms with Gasteiger partial charge in [0.1, 0.15) is 12.2 Å². The molecule has 5 nitrogen and oxygen atoms in total. The molecule has 2 N–H and O–H groups in total. The molecule has 2 fully saturated rings. The smallest absolute Gasteiger partial charge is 0.169 e. The number of nitrogens with zero attached hydrogens (tertiary/aromatic N) is 1. The lowest BCUT2D eigenvalue weighted by atomic mass is 10.2. The van der Waals surface area contributed by atoms with Gasteiger partial charge in [-0.25, -0.2) is 5.53 Å². The Kier molecular flexibility index (Phi) is 2.80. The molecule has 1 aliphatic carbocycles. The van der Waals surface area contributed by atoms with Crippen LogP contribution < -0.4 is 0 Å². The zero-order valence-corrected chi connectivity index (χ0v) is 8.11. The van der Waals surface area contributed by atoms with Gasteiger partial charge in [-0.2, -0.15) is 5.11 Å². The van der Waals surface area contributed by atoms with Gasteiger partial charge in [0, 0.05) is 12.8 Å². The highest BCUT2D eigenvalue weighted by Gasteiger charge is 2.48. The van der Waals surface area contributed by atoms with Crippen LogP contribution in [0.5, 0.6) is 0 Å². The summed E-state index contributed by atoms with van der Waals surface area (Å²) >= 11 is 0. The third-order valence-electron chi connectivity index (χ3n) is 2.96. The molecular formula is C9H16N2O3. The maximum absolute atomic E-state index is 9.10. The summed E-state index contributed by atoms with van der Waals surface area (Å²) in [5.41, 5.74) is 6.80. The first-order valence-electron chi connectivity index (χ1n) is 5.09. The Labute approximate surface area is 82.9 Å². The van der Waals surface area contributed by atoms with Crippen molar-refractivity contribution in [2.75, 3.05) is 13.2 Å². The van der Waals surface area contributed by atoms with Crippen LogP contribution in [0.1, 0.15) is 25.7 Å². The topological polar surface area (TPSA) is 74.9 Å². The summed E-state index contributed by atoms with van der Waals surface area (Å²) in [7, 11) is 0. The average Bonchev–Trinajstić information content (AvgIpc) is 2.76. The first-order valence-corrected chi connectivity index (χ1v) is 5.09. The Hall–Kier alpha value is -0.520. The molecule has 0 aromatic heterocycles. The summed E-state index contributed by atoms with van der Waals surface area (Å²) in [5.74, 6) is -0.469. The summed E-state index contributed by atoms with van der Waals surface area (Å²) in [6, 6.07) is 0. The number of ether oxygens (including phenoxy) is 2. The van der Waals surface area contributed by atoms with E-state index in [1.165, 1.54) is 0 Å². The third-order valence-corrected chi connectivity index (χ3v) is 2.96. The van der Waals surface area contributed by atoms with Gasteiger partial charge in [-0.15, -0.1) is 0 Å². The van der Waals surface area contributed by atoms with Gasteiger partial charge in [-0.3, -0.25) is 0 Å². The SMILES string of the molecule is N=NC[C@@H]1OC2(CCCC2)O[C@H]1CO. The van der Waals surface area contributed by atoms with Crippen molar-refractivity contribution in [1.82, 2.24) is 0 Å². The van der Waals surface area contributed by atoms with Gasteiger partial charge in [0.2, 0.25) is 0 Å². The van der Waals surface area contributed by atoms with Crippen molar-refractivity contribution < 1.29 is 14.6 Å². The summed E-state index contributed by atoms with van der Waals surface area (Å²) in [6.07, 6.45) is 3.49. The standard InChI is InChI=1S/C9H16N2O3/c10-11-5-7-8(6-12)14-9(13-7)3-1-2-4-9/h7-8,10,12H,1-6H2/t7-,8-/m0/s1. The van der Waals surface area contributed by atoms with Crippen LogP contribution in [-0.2, 0) is 9.47 Å². The molecular weight excluding hydrogens is 184 g/mol. The van der Waals surface area contributed by atoms with Crippen molar-refractivity contribution in [2.45, 2.75) is 43.7 Å². The molecule has 14 heavy (non-hydrogen) atoms. The number of hydrogen-bond donors (Lipinski definition) is 2. The number of aliphatic hydroxyl groups excluding tert-OH is 1. The molecule has 1 heterocycles. The van der Waals surface area contributed by atoms with E-state index in [1.807, 2.05) is 0 Å². The van der Waals surface area contributed by atoms with E-state index in [-0.39, 0.29) is 25.4 Å². The van der Waals surface area contributed by atoms with Crippen LogP contribution in [0.3, 0.4) is 0 Å². The van der Waals surface area contributed by atoms with Gasteiger partial charge in [-0.05, 0) is 12.8 Å². The van der Waals surface area contributed by atoms with E-state index in [4.69, 9.17) is 20.1 Å². The van der Waals surface area contributed by atoms with Gasteiger partial charge >= 0.3 is 0 Å². The van der Waals surface area contributed by atoms with Crippen molar-refractivity contribution >= 4 is 0 Å². The highest BCUT2D eigenvalue weighted by Crippen LogP contribution is 2.41.